The lowest BCUT2D eigenvalue weighted by atomic mass is 9.81. The third-order valence-electron chi connectivity index (χ3n) is 10.1. The molecule has 0 spiro atoms. The van der Waals surface area contributed by atoms with Crippen LogP contribution in [0.1, 0.15) is 86.1 Å². The summed E-state index contributed by atoms with van der Waals surface area (Å²) in [5, 5.41) is 8.71. The van der Waals surface area contributed by atoms with Crippen LogP contribution in [0.5, 0.6) is 0 Å². The Labute approximate surface area is 264 Å². The molecule has 0 fully saturated rings. The number of allylic oxidation sites excluding steroid dienone is 8. The fourth-order valence-corrected chi connectivity index (χ4v) is 6.73. The van der Waals surface area contributed by atoms with E-state index in [4.69, 9.17) is 10.4 Å². The molecule has 232 valence electrons. The molecule has 0 saturated carbocycles. The van der Waals surface area contributed by atoms with E-state index in [0.717, 1.165) is 58.4 Å². The van der Waals surface area contributed by atoms with Gasteiger partial charge in [-0.15, -0.1) is 5.73 Å². The molecule has 5 heteroatoms. The van der Waals surface area contributed by atoms with E-state index >= 15 is 0 Å². The maximum atomic E-state index is 14.4. The standard InChI is InChI=1S/C39H49FN3O/c1-25-13-10-11-15-35(36(25)23-37(29(5)41)34-21-16-26(2)42-30(34)6)32-14-12-22-43(9,39(7,8)24-32)38(44)28(4)27(3)31-17-19-33(40)20-18-31/h11,13-15,17-21,23,26-28,41H,12,16,22,24H2,1-9H3/q+1. The number of rotatable bonds is 7. The zero-order valence-corrected chi connectivity index (χ0v) is 28.0. The molecule has 44 heavy (non-hydrogen) atoms. The van der Waals surface area contributed by atoms with Gasteiger partial charge < -0.3 is 5.41 Å². The number of hydrogen-bond acceptors (Lipinski definition) is 3. The highest BCUT2D eigenvalue weighted by molar-refractivity contribution is 6.14. The van der Waals surface area contributed by atoms with Gasteiger partial charge in [0, 0.05) is 35.4 Å². The van der Waals surface area contributed by atoms with Crippen molar-refractivity contribution in [3.05, 3.63) is 111 Å². The number of halogens is 1. The van der Waals surface area contributed by atoms with Crippen LogP contribution in [0.25, 0.3) is 0 Å². The number of aliphatic imine (C=N–C) groups is 1. The van der Waals surface area contributed by atoms with Crippen molar-refractivity contribution in [2.45, 2.75) is 92.2 Å². The van der Waals surface area contributed by atoms with Gasteiger partial charge in [-0.1, -0.05) is 31.2 Å². The molecule has 1 amide bonds. The molecule has 1 aromatic rings. The molecule has 0 radical (unpaired) electrons. The largest absolute Gasteiger partial charge is 0.317 e. The van der Waals surface area contributed by atoms with Gasteiger partial charge in [0.15, 0.2) is 0 Å². The first-order chi connectivity index (χ1) is 20.7. The monoisotopic (exact) mass is 594 g/mol. The zero-order valence-electron chi connectivity index (χ0n) is 28.0. The first-order valence-electron chi connectivity index (χ1n) is 15.9. The van der Waals surface area contributed by atoms with Crippen LogP contribution < -0.4 is 0 Å². The molecule has 2 heterocycles. The van der Waals surface area contributed by atoms with Crippen molar-refractivity contribution in [1.82, 2.24) is 0 Å². The lowest BCUT2D eigenvalue weighted by Crippen LogP contribution is -2.64. The predicted octanol–water partition coefficient (Wildman–Crippen LogP) is 9.15. The van der Waals surface area contributed by atoms with Crippen molar-refractivity contribution >= 4 is 17.3 Å². The van der Waals surface area contributed by atoms with Crippen LogP contribution in [0.15, 0.2) is 105 Å². The Morgan fingerprint density at radius 3 is 2.50 bits per heavy atom. The van der Waals surface area contributed by atoms with Gasteiger partial charge in [-0.25, -0.2) is 9.18 Å². The van der Waals surface area contributed by atoms with E-state index in [-0.39, 0.29) is 35.1 Å². The summed E-state index contributed by atoms with van der Waals surface area (Å²) in [6, 6.07) is 6.79. The Balaban J connectivity index is 1.68. The Kier molecular flexibility index (Phi) is 9.93. The summed E-state index contributed by atoms with van der Waals surface area (Å²) in [6.45, 7) is 17.3. The minimum atomic E-state index is -0.380. The van der Waals surface area contributed by atoms with Crippen LogP contribution in [0.4, 0.5) is 4.39 Å². The highest BCUT2D eigenvalue weighted by atomic mass is 19.1. The molecule has 3 aliphatic rings. The summed E-state index contributed by atoms with van der Waals surface area (Å²) in [7, 11) is 2.09. The second-order valence-electron chi connectivity index (χ2n) is 13.6. The van der Waals surface area contributed by atoms with Gasteiger partial charge >= 0.3 is 5.91 Å². The lowest BCUT2D eigenvalue weighted by molar-refractivity contribution is -0.885. The highest BCUT2D eigenvalue weighted by Gasteiger charge is 2.50. The van der Waals surface area contributed by atoms with E-state index in [2.05, 4.69) is 71.7 Å². The van der Waals surface area contributed by atoms with Crippen molar-refractivity contribution in [3.8, 4) is 0 Å². The molecule has 1 N–H and O–H groups in total. The average molecular weight is 595 g/mol. The van der Waals surface area contributed by atoms with Gasteiger partial charge in [-0.2, -0.15) is 0 Å². The molecule has 1 aliphatic carbocycles. The van der Waals surface area contributed by atoms with E-state index in [1.54, 1.807) is 12.1 Å². The maximum absolute atomic E-state index is 14.4. The Morgan fingerprint density at radius 1 is 1.18 bits per heavy atom. The smallest absolute Gasteiger partial charge is 0.305 e. The van der Waals surface area contributed by atoms with Crippen LogP contribution in [0, 0.1) is 17.1 Å². The number of nitrogens with zero attached hydrogens (tertiary/aromatic N) is 2. The van der Waals surface area contributed by atoms with Crippen molar-refractivity contribution < 1.29 is 13.7 Å². The summed E-state index contributed by atoms with van der Waals surface area (Å²) >= 11 is 0. The Morgan fingerprint density at radius 2 is 1.86 bits per heavy atom. The zero-order chi connectivity index (χ0) is 32.4. The fraction of sp³-hybridized carbons (Fsp3) is 0.436. The first kappa shape index (κ1) is 33.2. The maximum Gasteiger partial charge on any atom is 0.317 e. The van der Waals surface area contributed by atoms with Crippen molar-refractivity contribution in [3.63, 3.8) is 0 Å². The molecule has 0 bridgehead atoms. The predicted molar refractivity (Wildman–Crippen MR) is 182 cm³/mol. The molecule has 2 aliphatic heterocycles. The van der Waals surface area contributed by atoms with Gasteiger partial charge in [-0.05, 0) is 125 Å². The number of benzene rings is 1. The van der Waals surface area contributed by atoms with Gasteiger partial charge in [0.05, 0.1) is 25.6 Å². The summed E-state index contributed by atoms with van der Waals surface area (Å²) in [6.07, 6.45) is 15.2. The third kappa shape index (κ3) is 6.70. The fourth-order valence-electron chi connectivity index (χ4n) is 6.73. The summed E-state index contributed by atoms with van der Waals surface area (Å²) in [5.41, 5.74) is 11.8. The molecular weight excluding hydrogens is 545 g/mol. The van der Waals surface area contributed by atoms with E-state index in [9.17, 15) is 9.18 Å². The Hall–Kier alpha value is -3.66. The average Bonchev–Trinajstić information content (AvgIpc) is 3.22. The van der Waals surface area contributed by atoms with Crippen molar-refractivity contribution in [2.24, 2.45) is 10.9 Å². The number of nitrogens with one attached hydrogen (secondary N) is 1. The van der Waals surface area contributed by atoms with Crippen LogP contribution in [-0.2, 0) is 4.79 Å². The lowest BCUT2D eigenvalue weighted by Gasteiger charge is -2.46. The number of carbonyl (C=O) groups is 1. The Bertz CT molecular complexity index is 1590. The summed E-state index contributed by atoms with van der Waals surface area (Å²) in [4.78, 5) is 19.2. The summed E-state index contributed by atoms with van der Waals surface area (Å²) in [5.74, 6) is -0.316. The minimum Gasteiger partial charge on any atom is -0.305 e. The number of dihydropyridines is 1. The second-order valence-corrected chi connectivity index (χ2v) is 13.6. The molecule has 4 rings (SSSR count). The van der Waals surface area contributed by atoms with Gasteiger partial charge in [-0.3, -0.25) is 9.48 Å². The molecule has 0 saturated heterocycles. The number of hydrogen-bond donors (Lipinski definition) is 1. The molecule has 1 aromatic carbocycles. The second kappa shape index (κ2) is 13.1. The van der Waals surface area contributed by atoms with Crippen LogP contribution in [-0.4, -0.2) is 47.0 Å². The molecule has 4 atom stereocenters. The van der Waals surface area contributed by atoms with E-state index in [0.29, 0.717) is 16.7 Å². The number of amides is 1. The molecule has 4 unspecified atom stereocenters. The molecule has 4 nitrogen and oxygen atoms in total. The van der Waals surface area contributed by atoms with Crippen molar-refractivity contribution in [1.29, 1.82) is 5.41 Å². The molecule has 0 aromatic heterocycles. The summed E-state index contributed by atoms with van der Waals surface area (Å²) < 4.78 is 13.9. The van der Waals surface area contributed by atoms with Crippen molar-refractivity contribution in [2.75, 3.05) is 13.6 Å². The minimum absolute atomic E-state index is 0.0282. The van der Waals surface area contributed by atoms with Crippen LogP contribution >= 0.6 is 0 Å². The molecular formula is C39H49FN3O+. The highest BCUT2D eigenvalue weighted by Crippen LogP contribution is 2.41. The number of quaternary nitrogens is 1. The van der Waals surface area contributed by atoms with E-state index in [1.165, 1.54) is 17.7 Å². The van der Waals surface area contributed by atoms with E-state index in [1.807, 2.05) is 32.9 Å². The normalized spacial score (nSPS) is 25.2. The third-order valence-corrected chi connectivity index (χ3v) is 10.1. The first-order valence-corrected chi connectivity index (χ1v) is 15.9. The van der Waals surface area contributed by atoms with Gasteiger partial charge in [0.2, 0.25) is 0 Å². The quantitative estimate of drug-likeness (QED) is 0.191. The van der Waals surface area contributed by atoms with E-state index < -0.39 is 0 Å². The van der Waals surface area contributed by atoms with Gasteiger partial charge in [0.1, 0.15) is 11.4 Å². The topological polar surface area (TPSA) is 53.3 Å². The SMILES string of the molecule is CC(=N)C(=CC1=C(C)C=C=CC=C1C1=CCC[N+](C)(C(=O)C(C)C(C)c2ccc(F)cc2)C(C)(C)C1)C1=CCC(C)N=C1C. The van der Waals surface area contributed by atoms with Crippen LogP contribution in [0.2, 0.25) is 0 Å². The van der Waals surface area contributed by atoms with Crippen LogP contribution in [0.3, 0.4) is 0 Å². The van der Waals surface area contributed by atoms with Gasteiger partial charge in [0.25, 0.3) is 0 Å². The number of carbonyl (C=O) groups excluding carboxylic acids is 1.